The first-order valence-electron chi connectivity index (χ1n) is 4.18. The summed E-state index contributed by atoms with van der Waals surface area (Å²) >= 11 is 3.38. The first-order chi connectivity index (χ1) is 6.83. The Labute approximate surface area is 90.3 Å². The molecule has 0 amide bonds. The number of alkyl halides is 1. The van der Waals surface area contributed by atoms with E-state index in [1.165, 1.54) is 0 Å². The van der Waals surface area contributed by atoms with E-state index in [4.69, 9.17) is 5.26 Å². The lowest BCUT2D eigenvalue weighted by Gasteiger charge is -1.99. The normalized spacial score (nSPS) is 10.0. The summed E-state index contributed by atoms with van der Waals surface area (Å²) in [4.78, 5) is 4.28. The Balaban J connectivity index is 2.64. The van der Waals surface area contributed by atoms with Crippen LogP contribution in [-0.2, 0) is 5.33 Å². The van der Waals surface area contributed by atoms with Crippen LogP contribution in [-0.4, -0.2) is 4.98 Å². The van der Waals surface area contributed by atoms with Gasteiger partial charge in [0.25, 0.3) is 0 Å². The molecule has 3 heteroatoms. The van der Waals surface area contributed by atoms with Crippen molar-refractivity contribution in [2.45, 2.75) is 5.33 Å². The van der Waals surface area contributed by atoms with Gasteiger partial charge in [-0.25, -0.2) is 0 Å². The van der Waals surface area contributed by atoms with Crippen LogP contribution in [0.3, 0.4) is 0 Å². The van der Waals surface area contributed by atoms with Crippen LogP contribution < -0.4 is 0 Å². The van der Waals surface area contributed by atoms with Gasteiger partial charge in [0.1, 0.15) is 0 Å². The predicted molar refractivity (Wildman–Crippen MR) is 59.1 cm³/mol. The van der Waals surface area contributed by atoms with Crippen LogP contribution in [0.25, 0.3) is 10.9 Å². The van der Waals surface area contributed by atoms with Crippen molar-refractivity contribution in [3.05, 3.63) is 41.6 Å². The van der Waals surface area contributed by atoms with Gasteiger partial charge in [-0.15, -0.1) is 0 Å². The zero-order chi connectivity index (χ0) is 9.97. The molecule has 1 aromatic carbocycles. The van der Waals surface area contributed by atoms with E-state index in [-0.39, 0.29) is 0 Å². The van der Waals surface area contributed by atoms with E-state index in [2.05, 4.69) is 33.0 Å². The number of nitrogens with zero attached hydrogens (tertiary/aromatic N) is 2. The maximum atomic E-state index is 8.71. The van der Waals surface area contributed by atoms with Crippen molar-refractivity contribution in [1.82, 2.24) is 4.98 Å². The van der Waals surface area contributed by atoms with Gasteiger partial charge in [0.2, 0.25) is 0 Å². The number of halogens is 1. The van der Waals surface area contributed by atoms with Crippen LogP contribution in [0.4, 0.5) is 0 Å². The van der Waals surface area contributed by atoms with Crippen molar-refractivity contribution in [2.24, 2.45) is 0 Å². The van der Waals surface area contributed by atoms with E-state index in [0.29, 0.717) is 5.56 Å². The summed E-state index contributed by atoms with van der Waals surface area (Å²) in [5.74, 6) is 0. The van der Waals surface area contributed by atoms with Crippen molar-refractivity contribution >= 4 is 26.8 Å². The molecule has 0 unspecified atom stereocenters. The molecule has 0 saturated carbocycles. The molecule has 0 fully saturated rings. The largest absolute Gasteiger partial charge is 0.256 e. The highest BCUT2D eigenvalue weighted by Gasteiger charge is 1.98. The molecule has 0 spiro atoms. The van der Waals surface area contributed by atoms with Crippen LogP contribution in [0.15, 0.2) is 30.5 Å². The number of aromatic nitrogens is 1. The summed E-state index contributed by atoms with van der Waals surface area (Å²) in [5.41, 5.74) is 2.66. The Hall–Kier alpha value is -1.40. The van der Waals surface area contributed by atoms with Crippen LogP contribution >= 0.6 is 15.9 Å². The SMILES string of the molecule is N#Cc1ccc2cc(CBr)cnc2c1. The summed E-state index contributed by atoms with van der Waals surface area (Å²) in [6.45, 7) is 0. The Morgan fingerprint density at radius 1 is 1.36 bits per heavy atom. The fraction of sp³-hybridized carbons (Fsp3) is 0.0909. The van der Waals surface area contributed by atoms with Gasteiger partial charge in [-0.05, 0) is 23.8 Å². The second-order valence-corrected chi connectivity index (χ2v) is 3.56. The Morgan fingerprint density at radius 3 is 2.93 bits per heavy atom. The first kappa shape index (κ1) is 9.17. The van der Waals surface area contributed by atoms with E-state index in [0.717, 1.165) is 21.8 Å². The molecule has 0 aliphatic rings. The van der Waals surface area contributed by atoms with Gasteiger partial charge in [0.05, 0.1) is 17.1 Å². The van der Waals surface area contributed by atoms with Gasteiger partial charge < -0.3 is 0 Å². The second-order valence-electron chi connectivity index (χ2n) is 3.00. The van der Waals surface area contributed by atoms with E-state index >= 15 is 0 Å². The molecule has 2 aromatic rings. The summed E-state index contributed by atoms with van der Waals surface area (Å²) in [5, 5.41) is 10.6. The highest BCUT2D eigenvalue weighted by molar-refractivity contribution is 9.08. The van der Waals surface area contributed by atoms with Crippen LogP contribution in [0, 0.1) is 11.3 Å². The Kier molecular flexibility index (Phi) is 2.47. The second kappa shape index (κ2) is 3.77. The maximum absolute atomic E-state index is 8.71. The predicted octanol–water partition coefficient (Wildman–Crippen LogP) is 3.00. The van der Waals surface area contributed by atoms with E-state index < -0.39 is 0 Å². The molecule has 2 nitrogen and oxygen atoms in total. The Morgan fingerprint density at radius 2 is 2.21 bits per heavy atom. The van der Waals surface area contributed by atoms with Gasteiger partial charge in [-0.3, -0.25) is 4.98 Å². The maximum Gasteiger partial charge on any atom is 0.0992 e. The zero-order valence-electron chi connectivity index (χ0n) is 7.37. The number of rotatable bonds is 1. The topological polar surface area (TPSA) is 36.7 Å². The minimum atomic E-state index is 0.650. The monoisotopic (exact) mass is 246 g/mol. The molecule has 0 saturated heterocycles. The van der Waals surface area contributed by atoms with Crippen LogP contribution in [0.5, 0.6) is 0 Å². The lowest BCUT2D eigenvalue weighted by Crippen LogP contribution is -1.84. The highest BCUT2D eigenvalue weighted by atomic mass is 79.9. The van der Waals surface area contributed by atoms with Crippen LogP contribution in [0.1, 0.15) is 11.1 Å². The molecule has 2 rings (SSSR count). The molecular formula is C11H7BrN2. The quantitative estimate of drug-likeness (QED) is 0.726. The number of fused-ring (bicyclic) bond motifs is 1. The third kappa shape index (κ3) is 1.61. The molecule has 14 heavy (non-hydrogen) atoms. The van der Waals surface area contributed by atoms with Gasteiger partial charge >= 0.3 is 0 Å². The van der Waals surface area contributed by atoms with E-state index in [9.17, 15) is 0 Å². The summed E-state index contributed by atoms with van der Waals surface area (Å²) in [7, 11) is 0. The number of hydrogen-bond donors (Lipinski definition) is 0. The molecule has 0 atom stereocenters. The summed E-state index contributed by atoms with van der Waals surface area (Å²) in [6, 6.07) is 9.70. The fourth-order valence-corrected chi connectivity index (χ4v) is 1.62. The molecule has 1 heterocycles. The minimum absolute atomic E-state index is 0.650. The lowest BCUT2D eigenvalue weighted by molar-refractivity contribution is 1.32. The van der Waals surface area contributed by atoms with Gasteiger partial charge in [-0.1, -0.05) is 22.0 Å². The molecule has 68 valence electrons. The summed E-state index contributed by atoms with van der Waals surface area (Å²) < 4.78 is 0. The fourth-order valence-electron chi connectivity index (χ4n) is 1.31. The minimum Gasteiger partial charge on any atom is -0.256 e. The molecule has 0 aliphatic heterocycles. The van der Waals surface area contributed by atoms with E-state index in [1.807, 2.05) is 18.3 Å². The van der Waals surface area contributed by atoms with E-state index in [1.54, 1.807) is 6.07 Å². The average Bonchev–Trinajstić information content (AvgIpc) is 2.27. The van der Waals surface area contributed by atoms with Crippen molar-refractivity contribution in [3.8, 4) is 6.07 Å². The highest BCUT2D eigenvalue weighted by Crippen LogP contribution is 2.16. The number of benzene rings is 1. The molecule has 0 N–H and O–H groups in total. The van der Waals surface area contributed by atoms with Gasteiger partial charge in [-0.2, -0.15) is 5.26 Å². The van der Waals surface area contributed by atoms with Gasteiger partial charge in [0.15, 0.2) is 0 Å². The molecular weight excluding hydrogens is 240 g/mol. The van der Waals surface area contributed by atoms with Gasteiger partial charge in [0, 0.05) is 16.9 Å². The molecule has 1 aromatic heterocycles. The number of hydrogen-bond acceptors (Lipinski definition) is 2. The van der Waals surface area contributed by atoms with Crippen molar-refractivity contribution in [3.63, 3.8) is 0 Å². The summed E-state index contributed by atoms with van der Waals surface area (Å²) in [6.07, 6.45) is 1.82. The third-order valence-corrected chi connectivity index (χ3v) is 2.67. The van der Waals surface area contributed by atoms with Crippen LogP contribution in [0.2, 0.25) is 0 Å². The molecule has 0 aliphatic carbocycles. The standard InChI is InChI=1S/C11H7BrN2/c12-5-9-3-10-2-1-8(6-13)4-11(10)14-7-9/h1-4,7H,5H2. The smallest absolute Gasteiger partial charge is 0.0992 e. The lowest BCUT2D eigenvalue weighted by atomic mass is 10.1. The average molecular weight is 247 g/mol. The van der Waals surface area contributed by atoms with Crippen molar-refractivity contribution < 1.29 is 0 Å². The number of pyridine rings is 1. The Bertz CT molecular complexity index is 514. The van der Waals surface area contributed by atoms with Crippen molar-refractivity contribution in [1.29, 1.82) is 5.26 Å². The third-order valence-electron chi connectivity index (χ3n) is 2.02. The van der Waals surface area contributed by atoms with Crippen molar-refractivity contribution in [2.75, 3.05) is 0 Å². The zero-order valence-corrected chi connectivity index (χ0v) is 8.95. The first-order valence-corrected chi connectivity index (χ1v) is 5.30. The molecule has 0 radical (unpaired) electrons. The number of nitriles is 1. The molecule has 0 bridgehead atoms.